The van der Waals surface area contributed by atoms with Crippen LogP contribution in [0, 0.1) is 0 Å². The minimum atomic E-state index is -0.345. The number of nitrogens with one attached hydrogen (secondary N) is 1. The lowest BCUT2D eigenvalue weighted by atomic mass is 10.0. The molecule has 0 unspecified atom stereocenters. The lowest BCUT2D eigenvalue weighted by Gasteiger charge is -2.29. The lowest BCUT2D eigenvalue weighted by Crippen LogP contribution is -2.52. The zero-order chi connectivity index (χ0) is 14.7. The first-order chi connectivity index (χ1) is 10.3. The predicted molar refractivity (Wildman–Crippen MR) is 79.9 cm³/mol. The number of carbonyl (C=O) groups excluding carboxylic acids is 2. The molecule has 0 aliphatic carbocycles. The second-order valence-electron chi connectivity index (χ2n) is 5.60. The van der Waals surface area contributed by atoms with Gasteiger partial charge >= 0.3 is 11.8 Å². The molecule has 0 spiro atoms. The zero-order valence-corrected chi connectivity index (χ0v) is 12.2. The summed E-state index contributed by atoms with van der Waals surface area (Å²) in [4.78, 5) is 28.1. The summed E-state index contributed by atoms with van der Waals surface area (Å²) in [7, 11) is 0. The van der Waals surface area contributed by atoms with Gasteiger partial charge in [0.1, 0.15) is 0 Å². The fourth-order valence-electron chi connectivity index (χ4n) is 3.01. The van der Waals surface area contributed by atoms with Crippen LogP contribution in [0.15, 0.2) is 24.3 Å². The van der Waals surface area contributed by atoms with Crippen LogP contribution in [0.25, 0.3) is 0 Å². The summed E-state index contributed by atoms with van der Waals surface area (Å²) in [5, 5.41) is 3.19. The van der Waals surface area contributed by atoms with Crippen molar-refractivity contribution in [3.05, 3.63) is 35.4 Å². The van der Waals surface area contributed by atoms with E-state index in [1.54, 1.807) is 9.80 Å². The number of amides is 2. The van der Waals surface area contributed by atoms with Crippen LogP contribution < -0.4 is 5.32 Å². The van der Waals surface area contributed by atoms with Gasteiger partial charge < -0.3 is 15.1 Å². The molecule has 5 nitrogen and oxygen atoms in total. The third-order valence-corrected chi connectivity index (χ3v) is 4.29. The Morgan fingerprint density at radius 1 is 0.810 bits per heavy atom. The third-order valence-electron chi connectivity index (χ3n) is 4.29. The van der Waals surface area contributed by atoms with E-state index in [0.29, 0.717) is 26.2 Å². The van der Waals surface area contributed by atoms with Crippen LogP contribution in [0.1, 0.15) is 11.1 Å². The number of piperazine rings is 1. The maximum absolute atomic E-state index is 12.4. The van der Waals surface area contributed by atoms with Crippen LogP contribution in [0.3, 0.4) is 0 Å². The van der Waals surface area contributed by atoms with E-state index in [9.17, 15) is 9.59 Å². The van der Waals surface area contributed by atoms with Crippen molar-refractivity contribution in [3.8, 4) is 0 Å². The highest BCUT2D eigenvalue weighted by atomic mass is 16.2. The van der Waals surface area contributed by atoms with Crippen LogP contribution >= 0.6 is 0 Å². The largest absolute Gasteiger partial charge is 0.334 e. The standard InChI is InChI=1S/C16H21N3O2/c20-15(16(21)19-11-7-17-8-12-19)18-9-5-13-3-1-2-4-14(13)6-10-18/h1-4,17H,5-12H2. The molecule has 5 heteroatoms. The molecule has 1 aromatic rings. The summed E-state index contributed by atoms with van der Waals surface area (Å²) < 4.78 is 0. The first kappa shape index (κ1) is 14.1. The number of nitrogens with zero attached hydrogens (tertiary/aromatic N) is 2. The lowest BCUT2D eigenvalue weighted by molar-refractivity contribution is -0.152. The van der Waals surface area contributed by atoms with Crippen molar-refractivity contribution < 1.29 is 9.59 Å². The van der Waals surface area contributed by atoms with Crippen LogP contribution in [-0.4, -0.2) is 60.9 Å². The summed E-state index contributed by atoms with van der Waals surface area (Å²) in [6.45, 7) is 4.05. The average molecular weight is 287 g/mol. The predicted octanol–water partition coefficient (Wildman–Crippen LogP) is 0.0456. The van der Waals surface area contributed by atoms with Gasteiger partial charge in [-0.3, -0.25) is 9.59 Å². The van der Waals surface area contributed by atoms with E-state index in [1.165, 1.54) is 11.1 Å². The number of rotatable bonds is 0. The zero-order valence-electron chi connectivity index (χ0n) is 12.2. The molecule has 0 bridgehead atoms. The second-order valence-corrected chi connectivity index (χ2v) is 5.60. The summed E-state index contributed by atoms with van der Waals surface area (Å²) in [6, 6.07) is 8.28. The van der Waals surface area contributed by atoms with E-state index in [1.807, 2.05) is 12.1 Å². The fraction of sp³-hybridized carbons (Fsp3) is 0.500. The number of fused-ring (bicyclic) bond motifs is 1. The maximum Gasteiger partial charge on any atom is 0.312 e. The Labute approximate surface area is 124 Å². The minimum absolute atomic E-state index is 0.343. The average Bonchev–Trinajstić information content (AvgIpc) is 2.77. The molecule has 1 aromatic carbocycles. The SMILES string of the molecule is O=C(C(=O)N1CCc2ccccc2CC1)N1CCNCC1. The van der Waals surface area contributed by atoms with Gasteiger partial charge in [0.25, 0.3) is 0 Å². The maximum atomic E-state index is 12.4. The Hall–Kier alpha value is -1.88. The highest BCUT2D eigenvalue weighted by Crippen LogP contribution is 2.16. The van der Waals surface area contributed by atoms with Crippen molar-refractivity contribution in [1.29, 1.82) is 0 Å². The molecule has 1 saturated heterocycles. The van der Waals surface area contributed by atoms with Gasteiger partial charge in [-0.25, -0.2) is 0 Å². The van der Waals surface area contributed by atoms with E-state index in [2.05, 4.69) is 17.4 Å². The van der Waals surface area contributed by atoms with Crippen molar-refractivity contribution in [1.82, 2.24) is 15.1 Å². The number of carbonyl (C=O) groups is 2. The topological polar surface area (TPSA) is 52.7 Å². The van der Waals surface area contributed by atoms with Crippen molar-refractivity contribution in [3.63, 3.8) is 0 Å². The molecule has 21 heavy (non-hydrogen) atoms. The van der Waals surface area contributed by atoms with Crippen molar-refractivity contribution in [2.75, 3.05) is 39.3 Å². The molecule has 0 aromatic heterocycles. The Morgan fingerprint density at radius 3 is 1.81 bits per heavy atom. The molecule has 3 rings (SSSR count). The molecular weight excluding hydrogens is 266 g/mol. The van der Waals surface area contributed by atoms with Gasteiger partial charge in [0, 0.05) is 39.3 Å². The minimum Gasteiger partial charge on any atom is -0.334 e. The van der Waals surface area contributed by atoms with Crippen LogP contribution in [0.2, 0.25) is 0 Å². The Balaban J connectivity index is 1.65. The molecule has 0 radical (unpaired) electrons. The van der Waals surface area contributed by atoms with Crippen molar-refractivity contribution in [2.45, 2.75) is 12.8 Å². The number of hydrogen-bond acceptors (Lipinski definition) is 3. The molecular formula is C16H21N3O2. The molecule has 2 aliphatic heterocycles. The summed E-state index contributed by atoms with van der Waals surface area (Å²) in [5.74, 6) is -0.688. The fourth-order valence-corrected chi connectivity index (χ4v) is 3.01. The quantitative estimate of drug-likeness (QED) is 0.686. The van der Waals surface area contributed by atoms with E-state index < -0.39 is 0 Å². The van der Waals surface area contributed by atoms with Gasteiger partial charge in [0.15, 0.2) is 0 Å². The van der Waals surface area contributed by atoms with Crippen molar-refractivity contribution >= 4 is 11.8 Å². The number of hydrogen-bond donors (Lipinski definition) is 1. The first-order valence-corrected chi connectivity index (χ1v) is 7.61. The first-order valence-electron chi connectivity index (χ1n) is 7.61. The Bertz CT molecular complexity index is 511. The summed E-state index contributed by atoms with van der Waals surface area (Å²) in [6.07, 6.45) is 1.66. The highest BCUT2D eigenvalue weighted by Gasteiger charge is 2.28. The summed E-state index contributed by atoms with van der Waals surface area (Å²) >= 11 is 0. The van der Waals surface area contributed by atoms with Gasteiger partial charge in [0.2, 0.25) is 0 Å². The van der Waals surface area contributed by atoms with Gasteiger partial charge in [-0.05, 0) is 24.0 Å². The van der Waals surface area contributed by atoms with E-state index in [-0.39, 0.29) is 11.8 Å². The summed E-state index contributed by atoms with van der Waals surface area (Å²) in [5.41, 5.74) is 2.59. The van der Waals surface area contributed by atoms with Gasteiger partial charge in [0.05, 0.1) is 0 Å². The molecule has 0 atom stereocenters. The molecule has 1 N–H and O–H groups in total. The van der Waals surface area contributed by atoms with Crippen LogP contribution in [0.4, 0.5) is 0 Å². The molecule has 2 heterocycles. The van der Waals surface area contributed by atoms with Gasteiger partial charge in [-0.1, -0.05) is 24.3 Å². The molecule has 2 amide bonds. The highest BCUT2D eigenvalue weighted by molar-refractivity contribution is 6.34. The number of benzene rings is 1. The van der Waals surface area contributed by atoms with Gasteiger partial charge in [-0.15, -0.1) is 0 Å². The normalized spacial score (nSPS) is 18.9. The Kier molecular flexibility index (Phi) is 4.20. The van der Waals surface area contributed by atoms with Crippen LogP contribution in [-0.2, 0) is 22.4 Å². The van der Waals surface area contributed by atoms with Crippen molar-refractivity contribution in [2.24, 2.45) is 0 Å². The third kappa shape index (κ3) is 3.08. The molecule has 2 aliphatic rings. The Morgan fingerprint density at radius 2 is 1.29 bits per heavy atom. The molecule has 0 saturated carbocycles. The molecule has 112 valence electrons. The van der Waals surface area contributed by atoms with E-state index >= 15 is 0 Å². The van der Waals surface area contributed by atoms with Gasteiger partial charge in [-0.2, -0.15) is 0 Å². The second kappa shape index (κ2) is 6.26. The monoisotopic (exact) mass is 287 g/mol. The van der Waals surface area contributed by atoms with Crippen LogP contribution in [0.5, 0.6) is 0 Å². The molecule has 1 fully saturated rings. The smallest absolute Gasteiger partial charge is 0.312 e. The van der Waals surface area contributed by atoms with E-state index in [0.717, 1.165) is 25.9 Å². The van der Waals surface area contributed by atoms with E-state index in [4.69, 9.17) is 0 Å².